The fourth-order valence-corrected chi connectivity index (χ4v) is 5.28. The lowest BCUT2D eigenvalue weighted by Crippen LogP contribution is -2.11. The summed E-state index contributed by atoms with van der Waals surface area (Å²) < 4.78 is 41.9. The quantitative estimate of drug-likeness (QED) is 0.398. The minimum absolute atomic E-state index is 0.112. The van der Waals surface area contributed by atoms with Crippen LogP contribution in [0.3, 0.4) is 0 Å². The fourth-order valence-electron chi connectivity index (χ4n) is 3.90. The number of halogens is 1. The molecule has 3 aromatic carbocycles. The Morgan fingerprint density at radius 2 is 1.85 bits per heavy atom. The van der Waals surface area contributed by atoms with Crippen LogP contribution in [0.5, 0.6) is 0 Å². The molecule has 7 nitrogen and oxygen atoms in total. The summed E-state index contributed by atoms with van der Waals surface area (Å²) in [4.78, 5) is 18.8. The number of aromatic amines is 1. The average Bonchev–Trinajstić information content (AvgIpc) is 3.39. The van der Waals surface area contributed by atoms with Gasteiger partial charge in [-0.2, -0.15) is 0 Å². The molecule has 0 spiro atoms. The number of imidazole rings is 1. The van der Waals surface area contributed by atoms with Gasteiger partial charge in [0.05, 0.1) is 21.4 Å². The second kappa shape index (κ2) is 7.86. The van der Waals surface area contributed by atoms with Crippen molar-refractivity contribution in [2.45, 2.75) is 17.7 Å². The van der Waals surface area contributed by atoms with Crippen molar-refractivity contribution in [3.63, 3.8) is 0 Å². The normalized spacial score (nSPS) is 11.9. The molecule has 0 unspecified atom stereocenters. The summed E-state index contributed by atoms with van der Waals surface area (Å²) in [6.45, 7) is 0. The summed E-state index contributed by atoms with van der Waals surface area (Å²) in [5.74, 6) is -0.298. The monoisotopic (exact) mass is 462 g/mol. The van der Waals surface area contributed by atoms with Gasteiger partial charge in [-0.25, -0.2) is 21.8 Å². The number of nitrogens with zero attached hydrogens (tertiary/aromatic N) is 2. The number of primary amides is 1. The first-order valence-corrected chi connectivity index (χ1v) is 11.7. The minimum atomic E-state index is -3.94. The lowest BCUT2D eigenvalue weighted by atomic mass is 10.0. The van der Waals surface area contributed by atoms with Crippen LogP contribution in [0.15, 0.2) is 77.8 Å². The highest BCUT2D eigenvalue weighted by Gasteiger charge is 2.22. The van der Waals surface area contributed by atoms with Crippen LogP contribution in [-0.4, -0.2) is 28.3 Å². The van der Waals surface area contributed by atoms with Gasteiger partial charge in [-0.05, 0) is 48.0 Å². The van der Waals surface area contributed by atoms with Gasteiger partial charge in [0.1, 0.15) is 11.6 Å². The number of amides is 1. The number of aromatic nitrogens is 3. The van der Waals surface area contributed by atoms with E-state index in [1.807, 2.05) is 18.2 Å². The smallest absolute Gasteiger partial charge is 0.268 e. The number of hydrogen-bond donors (Lipinski definition) is 2. The average molecular weight is 463 g/mol. The number of benzene rings is 3. The van der Waals surface area contributed by atoms with E-state index in [0.29, 0.717) is 28.7 Å². The SMILES string of the molecule is NC(=O)CCc1nc2ccc(-c3cn(S(=O)(=O)c4ccccc4)c4cc(F)ccc34)cc2[nH]1. The third-order valence-electron chi connectivity index (χ3n) is 5.48. The number of aryl methyl sites for hydroxylation is 1. The van der Waals surface area contributed by atoms with E-state index in [1.165, 1.54) is 30.5 Å². The van der Waals surface area contributed by atoms with Gasteiger partial charge in [-0.15, -0.1) is 0 Å². The number of hydrogen-bond acceptors (Lipinski definition) is 4. The van der Waals surface area contributed by atoms with E-state index in [4.69, 9.17) is 5.73 Å². The number of H-pyrrole nitrogens is 1. The Labute approximate surface area is 188 Å². The maximum atomic E-state index is 14.1. The van der Waals surface area contributed by atoms with Crippen LogP contribution in [0.25, 0.3) is 33.1 Å². The third-order valence-corrected chi connectivity index (χ3v) is 7.17. The molecule has 0 fully saturated rings. The number of fused-ring (bicyclic) bond motifs is 2. The van der Waals surface area contributed by atoms with E-state index in [1.54, 1.807) is 24.3 Å². The summed E-state index contributed by atoms with van der Waals surface area (Å²) in [5, 5.41) is 0.601. The van der Waals surface area contributed by atoms with Gasteiger partial charge in [0.25, 0.3) is 10.0 Å². The standard InChI is InChI=1S/C24H19FN4O3S/c25-16-7-8-18-19(14-29(22(18)13-16)33(31,32)17-4-2-1-3-5-17)15-6-9-20-21(12-15)28-24(27-20)11-10-23(26)30/h1-9,12-14H,10-11H2,(H2,26,30)(H,27,28). The van der Waals surface area contributed by atoms with Gasteiger partial charge in [0.15, 0.2) is 0 Å². The van der Waals surface area contributed by atoms with Gasteiger partial charge in [0.2, 0.25) is 5.91 Å². The van der Waals surface area contributed by atoms with Crippen molar-refractivity contribution in [1.29, 1.82) is 0 Å². The maximum Gasteiger partial charge on any atom is 0.268 e. The van der Waals surface area contributed by atoms with Gasteiger partial charge in [-0.3, -0.25) is 4.79 Å². The maximum absolute atomic E-state index is 14.1. The Morgan fingerprint density at radius 3 is 2.61 bits per heavy atom. The van der Waals surface area contributed by atoms with Gasteiger partial charge in [0, 0.05) is 30.0 Å². The van der Waals surface area contributed by atoms with Crippen molar-refractivity contribution in [3.05, 3.63) is 84.6 Å². The molecule has 33 heavy (non-hydrogen) atoms. The van der Waals surface area contributed by atoms with Crippen molar-refractivity contribution in [2.75, 3.05) is 0 Å². The molecule has 166 valence electrons. The number of carbonyl (C=O) groups excluding carboxylic acids is 1. The molecule has 0 atom stereocenters. The Kier molecular flexibility index (Phi) is 4.98. The summed E-state index contributed by atoms with van der Waals surface area (Å²) >= 11 is 0. The van der Waals surface area contributed by atoms with Crippen molar-refractivity contribution in [2.24, 2.45) is 5.73 Å². The molecular weight excluding hydrogens is 443 g/mol. The van der Waals surface area contributed by atoms with Crippen LogP contribution >= 0.6 is 0 Å². The summed E-state index contributed by atoms with van der Waals surface area (Å²) in [7, 11) is -3.94. The Morgan fingerprint density at radius 1 is 1.06 bits per heavy atom. The van der Waals surface area contributed by atoms with Gasteiger partial charge < -0.3 is 10.7 Å². The molecular formula is C24H19FN4O3S. The number of nitrogens with two attached hydrogens (primary N) is 1. The van der Waals surface area contributed by atoms with E-state index in [-0.39, 0.29) is 16.8 Å². The predicted octanol–water partition coefficient (Wildman–Crippen LogP) is 3.98. The van der Waals surface area contributed by atoms with E-state index < -0.39 is 21.7 Å². The highest BCUT2D eigenvalue weighted by molar-refractivity contribution is 7.90. The lowest BCUT2D eigenvalue weighted by molar-refractivity contribution is -0.118. The first kappa shape index (κ1) is 20.9. The number of carbonyl (C=O) groups is 1. The van der Waals surface area contributed by atoms with E-state index >= 15 is 0 Å². The predicted molar refractivity (Wildman–Crippen MR) is 124 cm³/mol. The third kappa shape index (κ3) is 3.76. The number of rotatable bonds is 6. The highest BCUT2D eigenvalue weighted by atomic mass is 32.2. The molecule has 0 aliphatic heterocycles. The minimum Gasteiger partial charge on any atom is -0.370 e. The van der Waals surface area contributed by atoms with Crippen LogP contribution in [0, 0.1) is 5.82 Å². The molecule has 2 aromatic heterocycles. The van der Waals surface area contributed by atoms with Crippen LogP contribution in [0.4, 0.5) is 4.39 Å². The topological polar surface area (TPSA) is 111 Å². The Balaban J connectivity index is 1.66. The fraction of sp³-hybridized carbons (Fsp3) is 0.0833. The first-order chi connectivity index (χ1) is 15.8. The van der Waals surface area contributed by atoms with E-state index in [9.17, 15) is 17.6 Å². The molecule has 5 rings (SSSR count). The molecule has 3 N–H and O–H groups in total. The zero-order chi connectivity index (χ0) is 23.2. The molecule has 1 amide bonds. The Bertz CT molecular complexity index is 1620. The first-order valence-electron chi connectivity index (χ1n) is 10.2. The summed E-state index contributed by atoms with van der Waals surface area (Å²) in [6, 6.07) is 17.6. The van der Waals surface area contributed by atoms with E-state index in [0.717, 1.165) is 15.1 Å². The molecule has 0 aliphatic rings. The molecule has 0 saturated heterocycles. The van der Waals surface area contributed by atoms with Gasteiger partial charge >= 0.3 is 0 Å². The number of nitrogens with one attached hydrogen (secondary N) is 1. The zero-order valence-electron chi connectivity index (χ0n) is 17.3. The van der Waals surface area contributed by atoms with Crippen molar-refractivity contribution in [3.8, 4) is 11.1 Å². The molecule has 9 heteroatoms. The second-order valence-corrected chi connectivity index (χ2v) is 9.51. The van der Waals surface area contributed by atoms with Crippen LogP contribution in [-0.2, 0) is 21.2 Å². The van der Waals surface area contributed by atoms with Crippen LogP contribution in [0.1, 0.15) is 12.2 Å². The van der Waals surface area contributed by atoms with E-state index in [2.05, 4.69) is 9.97 Å². The van der Waals surface area contributed by atoms with Crippen molar-refractivity contribution < 1.29 is 17.6 Å². The van der Waals surface area contributed by atoms with Crippen LogP contribution < -0.4 is 5.73 Å². The summed E-state index contributed by atoms with van der Waals surface area (Å²) in [6.07, 6.45) is 2.09. The van der Waals surface area contributed by atoms with Gasteiger partial charge in [-0.1, -0.05) is 24.3 Å². The van der Waals surface area contributed by atoms with Crippen LogP contribution in [0.2, 0.25) is 0 Å². The molecule has 0 aliphatic carbocycles. The molecule has 5 aromatic rings. The molecule has 0 radical (unpaired) electrons. The highest BCUT2D eigenvalue weighted by Crippen LogP contribution is 2.34. The molecule has 0 saturated carbocycles. The Hall–Kier alpha value is -3.98. The lowest BCUT2D eigenvalue weighted by Gasteiger charge is -2.07. The second-order valence-electron chi connectivity index (χ2n) is 7.70. The molecule has 2 heterocycles. The zero-order valence-corrected chi connectivity index (χ0v) is 18.1. The molecule has 0 bridgehead atoms. The van der Waals surface area contributed by atoms with Crippen molar-refractivity contribution in [1.82, 2.24) is 13.9 Å². The largest absolute Gasteiger partial charge is 0.370 e. The summed E-state index contributed by atoms with van der Waals surface area (Å²) in [5.41, 5.74) is 8.30. The van der Waals surface area contributed by atoms with Crippen molar-refractivity contribution >= 4 is 37.9 Å².